The number of carbonyl (C=O) groups is 1. The summed E-state index contributed by atoms with van der Waals surface area (Å²) in [6, 6.07) is 6.06. The van der Waals surface area contributed by atoms with E-state index in [9.17, 15) is 10.1 Å². The summed E-state index contributed by atoms with van der Waals surface area (Å²) >= 11 is 1.59. The molecular formula is C12H15N3O2S. The van der Waals surface area contributed by atoms with Gasteiger partial charge in [-0.1, -0.05) is 6.07 Å². The van der Waals surface area contributed by atoms with E-state index in [-0.39, 0.29) is 12.1 Å². The molecule has 0 radical (unpaired) electrons. The maximum Gasteiger partial charge on any atom is 0.409 e. The predicted molar refractivity (Wildman–Crippen MR) is 68.2 cm³/mol. The van der Waals surface area contributed by atoms with Crippen molar-refractivity contribution in [2.24, 2.45) is 0 Å². The van der Waals surface area contributed by atoms with Crippen molar-refractivity contribution >= 4 is 17.4 Å². The molecule has 1 fully saturated rings. The van der Waals surface area contributed by atoms with Crippen molar-refractivity contribution in [2.75, 3.05) is 33.3 Å². The summed E-state index contributed by atoms with van der Waals surface area (Å²) < 4.78 is 4.69. The number of piperazine rings is 1. The Balaban J connectivity index is 1.97. The predicted octanol–water partition coefficient (Wildman–Crippen LogP) is 1.70. The number of hydrogen-bond donors (Lipinski definition) is 0. The molecule has 1 aliphatic heterocycles. The Bertz CT molecular complexity index is 433. The van der Waals surface area contributed by atoms with Crippen molar-refractivity contribution in [3.05, 3.63) is 22.4 Å². The van der Waals surface area contributed by atoms with Gasteiger partial charge in [-0.2, -0.15) is 5.26 Å². The Labute approximate surface area is 110 Å². The molecule has 1 saturated heterocycles. The third-order valence-corrected chi connectivity index (χ3v) is 3.97. The molecule has 1 aliphatic rings. The maximum absolute atomic E-state index is 11.4. The van der Waals surface area contributed by atoms with Crippen molar-refractivity contribution in [1.29, 1.82) is 5.26 Å². The average molecular weight is 265 g/mol. The topological polar surface area (TPSA) is 56.6 Å². The van der Waals surface area contributed by atoms with Gasteiger partial charge in [0.05, 0.1) is 13.2 Å². The minimum absolute atomic E-state index is 0.204. The van der Waals surface area contributed by atoms with E-state index in [4.69, 9.17) is 0 Å². The third-order valence-electron chi connectivity index (χ3n) is 3.05. The lowest BCUT2D eigenvalue weighted by atomic mass is 10.2. The quantitative estimate of drug-likeness (QED) is 0.816. The molecular weight excluding hydrogens is 250 g/mol. The van der Waals surface area contributed by atoms with Crippen molar-refractivity contribution in [2.45, 2.75) is 6.04 Å². The summed E-state index contributed by atoms with van der Waals surface area (Å²) in [5.74, 6) is 0. The second-order valence-corrected chi connectivity index (χ2v) is 5.02. The minimum atomic E-state index is -0.292. The highest BCUT2D eigenvalue weighted by molar-refractivity contribution is 7.10. The van der Waals surface area contributed by atoms with Gasteiger partial charge in [-0.15, -0.1) is 11.3 Å². The summed E-state index contributed by atoms with van der Waals surface area (Å²) in [4.78, 5) is 16.2. The lowest BCUT2D eigenvalue weighted by Gasteiger charge is -2.35. The highest BCUT2D eigenvalue weighted by Gasteiger charge is 2.27. The number of amides is 1. The number of nitrogens with zero attached hydrogens (tertiary/aromatic N) is 3. The van der Waals surface area contributed by atoms with E-state index in [2.05, 4.69) is 15.7 Å². The van der Waals surface area contributed by atoms with Gasteiger partial charge in [0.15, 0.2) is 0 Å². The minimum Gasteiger partial charge on any atom is -0.453 e. The monoisotopic (exact) mass is 265 g/mol. The van der Waals surface area contributed by atoms with E-state index >= 15 is 0 Å². The number of methoxy groups -OCH3 is 1. The van der Waals surface area contributed by atoms with Crippen LogP contribution in [0.2, 0.25) is 0 Å². The molecule has 18 heavy (non-hydrogen) atoms. The Hall–Kier alpha value is -1.58. The Morgan fingerprint density at radius 1 is 1.50 bits per heavy atom. The van der Waals surface area contributed by atoms with Crippen LogP contribution < -0.4 is 0 Å². The van der Waals surface area contributed by atoms with Gasteiger partial charge in [-0.05, 0) is 11.4 Å². The summed E-state index contributed by atoms with van der Waals surface area (Å²) in [6.45, 7) is 2.61. The van der Waals surface area contributed by atoms with Crippen LogP contribution in [0.3, 0.4) is 0 Å². The molecule has 0 saturated carbocycles. The molecule has 5 nitrogen and oxygen atoms in total. The highest BCUT2D eigenvalue weighted by atomic mass is 32.1. The van der Waals surface area contributed by atoms with Gasteiger partial charge in [-0.25, -0.2) is 4.79 Å². The zero-order valence-corrected chi connectivity index (χ0v) is 11.0. The fraction of sp³-hybridized carbons (Fsp3) is 0.500. The lowest BCUT2D eigenvalue weighted by Crippen LogP contribution is -2.49. The number of nitriles is 1. The Morgan fingerprint density at radius 3 is 2.72 bits per heavy atom. The van der Waals surface area contributed by atoms with Crippen LogP contribution in [0.15, 0.2) is 17.5 Å². The number of ether oxygens (including phenoxy) is 1. The van der Waals surface area contributed by atoms with Crippen LogP contribution in [0.5, 0.6) is 0 Å². The molecule has 1 unspecified atom stereocenters. The smallest absolute Gasteiger partial charge is 0.409 e. The normalized spacial score (nSPS) is 18.1. The first-order chi connectivity index (χ1) is 8.76. The van der Waals surface area contributed by atoms with Gasteiger partial charge in [0.2, 0.25) is 0 Å². The molecule has 0 bridgehead atoms. The summed E-state index contributed by atoms with van der Waals surface area (Å²) in [5.41, 5.74) is 0. The molecule has 2 heterocycles. The highest BCUT2D eigenvalue weighted by Crippen LogP contribution is 2.25. The van der Waals surface area contributed by atoms with E-state index in [1.54, 1.807) is 16.2 Å². The van der Waals surface area contributed by atoms with Crippen LogP contribution in [0.25, 0.3) is 0 Å². The van der Waals surface area contributed by atoms with Crippen molar-refractivity contribution in [3.8, 4) is 6.07 Å². The van der Waals surface area contributed by atoms with Crippen LogP contribution >= 0.6 is 11.3 Å². The molecule has 2 rings (SSSR count). The van der Waals surface area contributed by atoms with Gasteiger partial charge >= 0.3 is 6.09 Å². The van der Waals surface area contributed by atoms with E-state index in [0.717, 1.165) is 4.88 Å². The van der Waals surface area contributed by atoms with Crippen molar-refractivity contribution < 1.29 is 9.53 Å². The number of hydrogen-bond acceptors (Lipinski definition) is 5. The zero-order valence-electron chi connectivity index (χ0n) is 10.2. The summed E-state index contributed by atoms with van der Waals surface area (Å²) in [7, 11) is 1.39. The SMILES string of the molecule is COC(=O)N1CCN(C(C#N)c2cccs2)CC1. The largest absolute Gasteiger partial charge is 0.453 e. The van der Waals surface area contributed by atoms with Crippen LogP contribution in [-0.4, -0.2) is 49.2 Å². The van der Waals surface area contributed by atoms with Crippen LogP contribution in [0, 0.1) is 11.3 Å². The first-order valence-electron chi connectivity index (χ1n) is 5.76. The molecule has 0 aromatic carbocycles. The van der Waals surface area contributed by atoms with E-state index in [1.807, 2.05) is 17.5 Å². The second-order valence-electron chi connectivity index (χ2n) is 4.04. The third kappa shape index (κ3) is 2.63. The van der Waals surface area contributed by atoms with Gasteiger partial charge in [-0.3, -0.25) is 4.90 Å². The van der Waals surface area contributed by atoms with Crippen molar-refractivity contribution in [3.63, 3.8) is 0 Å². The fourth-order valence-corrected chi connectivity index (χ4v) is 2.87. The van der Waals surface area contributed by atoms with Gasteiger partial charge < -0.3 is 9.64 Å². The van der Waals surface area contributed by atoms with E-state index in [1.165, 1.54) is 7.11 Å². The number of rotatable bonds is 2. The molecule has 96 valence electrons. The molecule has 1 aromatic heterocycles. The molecule has 6 heteroatoms. The fourth-order valence-electron chi connectivity index (χ4n) is 2.06. The first kappa shape index (κ1) is 12.9. The van der Waals surface area contributed by atoms with E-state index < -0.39 is 0 Å². The van der Waals surface area contributed by atoms with Crippen LogP contribution in [0.4, 0.5) is 4.79 Å². The average Bonchev–Trinajstić information content (AvgIpc) is 2.93. The van der Waals surface area contributed by atoms with Gasteiger partial charge in [0.25, 0.3) is 0 Å². The molecule has 1 aromatic rings. The van der Waals surface area contributed by atoms with Crippen molar-refractivity contribution in [1.82, 2.24) is 9.80 Å². The standard InChI is InChI=1S/C12H15N3O2S/c1-17-12(16)15-6-4-14(5-7-15)10(9-13)11-3-2-8-18-11/h2-3,8,10H,4-7H2,1H3. The molecule has 0 aliphatic carbocycles. The Kier molecular flexibility index (Phi) is 4.18. The van der Waals surface area contributed by atoms with Gasteiger partial charge in [0, 0.05) is 31.1 Å². The van der Waals surface area contributed by atoms with Gasteiger partial charge in [0.1, 0.15) is 6.04 Å². The lowest BCUT2D eigenvalue weighted by molar-refractivity contribution is 0.0838. The maximum atomic E-state index is 11.4. The molecule has 1 atom stereocenters. The van der Waals surface area contributed by atoms with E-state index in [0.29, 0.717) is 26.2 Å². The Morgan fingerprint density at radius 2 is 2.22 bits per heavy atom. The van der Waals surface area contributed by atoms with Crippen LogP contribution in [-0.2, 0) is 4.74 Å². The first-order valence-corrected chi connectivity index (χ1v) is 6.64. The number of thiophene rings is 1. The zero-order chi connectivity index (χ0) is 13.0. The summed E-state index contributed by atoms with van der Waals surface area (Å²) in [6.07, 6.45) is -0.292. The second kappa shape index (κ2) is 5.85. The number of carbonyl (C=O) groups excluding carboxylic acids is 1. The molecule has 1 amide bonds. The molecule has 0 spiro atoms. The summed E-state index contributed by atoms with van der Waals surface area (Å²) in [5, 5.41) is 11.3. The van der Waals surface area contributed by atoms with Crippen LogP contribution in [0.1, 0.15) is 10.9 Å². The molecule has 0 N–H and O–H groups in total.